The van der Waals surface area contributed by atoms with Crippen molar-refractivity contribution in [1.82, 2.24) is 0 Å². The smallest absolute Gasteiger partial charge is 0.311 e. The Morgan fingerprint density at radius 3 is 2.40 bits per heavy atom. The van der Waals surface area contributed by atoms with Gasteiger partial charge in [0.1, 0.15) is 0 Å². The first-order valence-electron chi connectivity index (χ1n) is 4.20. The number of hydrogen-bond donors (Lipinski definition) is 2. The molecular weight excluding hydrogens is 224 g/mol. The first-order chi connectivity index (χ1) is 7.00. The summed E-state index contributed by atoms with van der Waals surface area (Å²) in [7, 11) is 0. The molecule has 4 nitrogen and oxygen atoms in total. The molecule has 0 aliphatic heterocycles. The fourth-order valence-corrected chi connectivity index (χ4v) is 1.34. The van der Waals surface area contributed by atoms with E-state index in [0.717, 1.165) is 0 Å². The fourth-order valence-electron chi connectivity index (χ4n) is 1.22. The quantitative estimate of drug-likeness (QED) is 0.779. The second-order valence-corrected chi connectivity index (χ2v) is 3.48. The molecule has 0 radical (unpaired) electrons. The van der Waals surface area contributed by atoms with E-state index >= 15 is 0 Å². The van der Waals surface area contributed by atoms with E-state index in [1.165, 1.54) is 24.3 Å². The van der Waals surface area contributed by atoms with Crippen LogP contribution in [0.2, 0.25) is 5.02 Å². The Kier molecular flexibility index (Phi) is 3.68. The van der Waals surface area contributed by atoms with Gasteiger partial charge < -0.3 is 10.2 Å². The number of hydrogen-bond acceptors (Lipinski definition) is 2. The van der Waals surface area contributed by atoms with Crippen molar-refractivity contribution >= 4 is 23.5 Å². The first-order valence-corrected chi connectivity index (χ1v) is 4.58. The van der Waals surface area contributed by atoms with Crippen molar-refractivity contribution in [2.75, 3.05) is 0 Å². The van der Waals surface area contributed by atoms with Crippen molar-refractivity contribution in [1.29, 1.82) is 0 Å². The Morgan fingerprint density at radius 1 is 1.47 bits per heavy atom. The minimum atomic E-state index is -1.15. The maximum Gasteiger partial charge on any atom is 0.311 e. The third kappa shape index (κ3) is 3.25. The van der Waals surface area contributed by atoms with Crippen LogP contribution in [0.4, 0.5) is 0 Å². The summed E-state index contributed by atoms with van der Waals surface area (Å²) < 4.78 is 0. The second kappa shape index (κ2) is 4.79. The molecule has 0 fully saturated rings. The molecule has 0 bridgehead atoms. The van der Waals surface area contributed by atoms with Gasteiger partial charge in [-0.05, 0) is 17.7 Å². The molecule has 1 rings (SSSR count). The fraction of sp³-hybridized carbons (Fsp3) is 0.200. The molecule has 0 aliphatic rings. The molecule has 0 saturated carbocycles. The molecule has 0 spiro atoms. The third-order valence-electron chi connectivity index (χ3n) is 1.95. The van der Waals surface area contributed by atoms with Gasteiger partial charge in [0.15, 0.2) is 0 Å². The molecule has 0 aliphatic carbocycles. The molecule has 80 valence electrons. The van der Waals surface area contributed by atoms with Crippen molar-refractivity contribution in [3.8, 4) is 0 Å². The Bertz CT molecular complexity index is 372. The van der Waals surface area contributed by atoms with E-state index in [-0.39, 0.29) is 0 Å². The van der Waals surface area contributed by atoms with Crippen molar-refractivity contribution < 1.29 is 19.8 Å². The van der Waals surface area contributed by atoms with Gasteiger partial charge in [0.05, 0.1) is 12.3 Å². The Balaban J connectivity index is 2.94. The summed E-state index contributed by atoms with van der Waals surface area (Å²) in [5.74, 6) is -3.32. The Hall–Kier alpha value is -1.55. The van der Waals surface area contributed by atoms with Gasteiger partial charge in [-0.15, -0.1) is 0 Å². The van der Waals surface area contributed by atoms with E-state index in [1.807, 2.05) is 0 Å². The van der Waals surface area contributed by atoms with E-state index in [0.29, 0.717) is 10.6 Å². The predicted octanol–water partition coefficient (Wildman–Crippen LogP) is 1.98. The van der Waals surface area contributed by atoms with Crippen LogP contribution in [-0.2, 0) is 9.59 Å². The molecule has 1 aromatic rings. The number of aliphatic carboxylic acids is 2. The zero-order chi connectivity index (χ0) is 11.4. The van der Waals surface area contributed by atoms with Crippen LogP contribution < -0.4 is 0 Å². The van der Waals surface area contributed by atoms with E-state index in [2.05, 4.69) is 0 Å². The molecule has 1 atom stereocenters. The van der Waals surface area contributed by atoms with Crippen molar-refractivity contribution in [3.05, 3.63) is 34.9 Å². The molecule has 15 heavy (non-hydrogen) atoms. The third-order valence-corrected chi connectivity index (χ3v) is 2.20. The number of carboxylic acid groups (broad SMARTS) is 2. The zero-order valence-electron chi connectivity index (χ0n) is 7.68. The average Bonchev–Trinajstić information content (AvgIpc) is 2.15. The Labute approximate surface area is 91.1 Å². The van der Waals surface area contributed by atoms with E-state index < -0.39 is 24.3 Å². The minimum Gasteiger partial charge on any atom is -0.481 e. The molecular formula is C10H9ClO4. The monoisotopic (exact) mass is 232 g/mol. The molecule has 0 amide bonds. The molecule has 1 aromatic carbocycles. The second-order valence-electron chi connectivity index (χ2n) is 3.04. The summed E-state index contributed by atoms with van der Waals surface area (Å²) in [5, 5.41) is 17.9. The average molecular weight is 233 g/mol. The molecule has 0 aromatic heterocycles. The van der Waals surface area contributed by atoms with Gasteiger partial charge in [0, 0.05) is 5.02 Å². The van der Waals surface area contributed by atoms with Crippen LogP contribution >= 0.6 is 11.6 Å². The number of carbonyl (C=O) groups is 2. The maximum absolute atomic E-state index is 10.8. The molecule has 1 unspecified atom stereocenters. The Morgan fingerprint density at radius 2 is 2.00 bits per heavy atom. The number of rotatable bonds is 4. The number of carboxylic acids is 2. The van der Waals surface area contributed by atoms with Crippen LogP contribution in [0.15, 0.2) is 24.3 Å². The van der Waals surface area contributed by atoms with E-state index in [4.69, 9.17) is 21.8 Å². The normalized spacial score (nSPS) is 12.1. The zero-order valence-corrected chi connectivity index (χ0v) is 8.44. The van der Waals surface area contributed by atoms with Crippen molar-refractivity contribution in [2.45, 2.75) is 12.3 Å². The van der Waals surface area contributed by atoms with Crippen LogP contribution in [0, 0.1) is 0 Å². The lowest BCUT2D eigenvalue weighted by molar-refractivity contribution is -0.145. The highest BCUT2D eigenvalue weighted by Crippen LogP contribution is 2.21. The number of benzene rings is 1. The van der Waals surface area contributed by atoms with Crippen LogP contribution in [0.1, 0.15) is 17.9 Å². The van der Waals surface area contributed by atoms with Crippen LogP contribution in [0.25, 0.3) is 0 Å². The van der Waals surface area contributed by atoms with Crippen molar-refractivity contribution in [3.63, 3.8) is 0 Å². The highest BCUT2D eigenvalue weighted by atomic mass is 35.5. The standard InChI is InChI=1S/C10H9ClO4/c11-7-3-1-6(2-4-7)8(10(14)15)5-9(12)13/h1-4,8H,5H2,(H,12,13)(H,14,15)/i12+2,13+2. The van der Waals surface area contributed by atoms with Gasteiger partial charge in [0.25, 0.3) is 0 Å². The first kappa shape index (κ1) is 11.5. The lowest BCUT2D eigenvalue weighted by Crippen LogP contribution is -2.15. The van der Waals surface area contributed by atoms with Gasteiger partial charge in [0.2, 0.25) is 0 Å². The topological polar surface area (TPSA) is 74.6 Å². The van der Waals surface area contributed by atoms with Crippen LogP contribution in [0.5, 0.6) is 0 Å². The largest absolute Gasteiger partial charge is 0.481 e. The van der Waals surface area contributed by atoms with Crippen molar-refractivity contribution in [2.24, 2.45) is 0 Å². The lowest BCUT2D eigenvalue weighted by atomic mass is 9.96. The summed E-state index contributed by atoms with van der Waals surface area (Å²) in [6.45, 7) is 0. The SMILES string of the molecule is O=C(O)C(CC(=[18O])[18OH])c1ccc(Cl)cc1. The lowest BCUT2D eigenvalue weighted by Gasteiger charge is -2.09. The summed E-state index contributed by atoms with van der Waals surface area (Å²) in [6, 6.07) is 6.11. The maximum atomic E-state index is 10.8. The minimum absolute atomic E-state index is 0.434. The summed E-state index contributed by atoms with van der Waals surface area (Å²) in [6.07, 6.45) is -0.434. The van der Waals surface area contributed by atoms with Gasteiger partial charge in [-0.2, -0.15) is 0 Å². The highest BCUT2D eigenvalue weighted by molar-refractivity contribution is 6.30. The predicted molar refractivity (Wildman–Crippen MR) is 54.1 cm³/mol. The number of halogens is 1. The van der Waals surface area contributed by atoms with Crippen LogP contribution in [0.3, 0.4) is 0 Å². The summed E-state index contributed by atoms with van der Waals surface area (Å²) in [4.78, 5) is 21.3. The van der Waals surface area contributed by atoms with Gasteiger partial charge >= 0.3 is 11.9 Å². The van der Waals surface area contributed by atoms with Gasteiger partial charge in [-0.3, -0.25) is 9.59 Å². The van der Waals surface area contributed by atoms with E-state index in [9.17, 15) is 9.59 Å². The molecule has 0 heterocycles. The summed E-state index contributed by atoms with van der Waals surface area (Å²) in [5.41, 5.74) is 0.439. The summed E-state index contributed by atoms with van der Waals surface area (Å²) >= 11 is 5.64. The van der Waals surface area contributed by atoms with Gasteiger partial charge in [-0.1, -0.05) is 23.7 Å². The van der Waals surface area contributed by atoms with E-state index in [1.54, 1.807) is 0 Å². The van der Waals surface area contributed by atoms with Crippen LogP contribution in [-0.4, -0.2) is 22.2 Å². The highest BCUT2D eigenvalue weighted by Gasteiger charge is 2.22. The molecule has 2 N–H and O–H groups in total. The van der Waals surface area contributed by atoms with Gasteiger partial charge in [-0.25, -0.2) is 0 Å². The molecule has 0 saturated heterocycles. The molecule has 5 heteroatoms.